The van der Waals surface area contributed by atoms with Crippen molar-refractivity contribution >= 4 is 0 Å². The Kier molecular flexibility index (Phi) is 2.32. The molecule has 0 unspecified atom stereocenters. The van der Waals surface area contributed by atoms with E-state index in [1.165, 1.54) is 0 Å². The zero-order chi connectivity index (χ0) is 9.36. The molecule has 0 aromatic heterocycles. The Labute approximate surface area is 77.8 Å². The normalized spacial score (nSPS) is 43.8. The third-order valence-electron chi connectivity index (χ3n) is 2.77. The average molecular weight is 188 g/mol. The Hall–Kier alpha value is -0.160. The third-order valence-corrected chi connectivity index (χ3v) is 2.77. The van der Waals surface area contributed by atoms with E-state index in [0.717, 1.165) is 12.8 Å². The van der Waals surface area contributed by atoms with E-state index in [1.54, 1.807) is 0 Å². The van der Waals surface area contributed by atoms with Gasteiger partial charge in [0.2, 0.25) is 0 Å². The van der Waals surface area contributed by atoms with Gasteiger partial charge in [-0.2, -0.15) is 0 Å². The summed E-state index contributed by atoms with van der Waals surface area (Å²) in [6.45, 7) is 3.83. The van der Waals surface area contributed by atoms with Crippen LogP contribution in [0.2, 0.25) is 0 Å². The smallest absolute Gasteiger partial charge is 0.307 e. The van der Waals surface area contributed by atoms with E-state index in [0.29, 0.717) is 19.8 Å². The van der Waals surface area contributed by atoms with Crippen molar-refractivity contribution < 1.29 is 19.3 Å². The summed E-state index contributed by atoms with van der Waals surface area (Å²) >= 11 is 0. The Morgan fingerprint density at radius 3 is 2.08 bits per heavy atom. The number of fused-ring (bicyclic) bond motifs is 3. The van der Waals surface area contributed by atoms with Gasteiger partial charge in [-0.05, 0) is 6.42 Å². The number of hydrogen-bond acceptors (Lipinski definition) is 4. The van der Waals surface area contributed by atoms with E-state index < -0.39 is 5.97 Å². The zero-order valence-corrected chi connectivity index (χ0v) is 7.91. The molecule has 0 amide bonds. The lowest BCUT2D eigenvalue weighted by atomic mass is 9.84. The maximum absolute atomic E-state index is 9.01. The molecule has 0 radical (unpaired) electrons. The topological polar surface area (TPSA) is 47.9 Å². The van der Waals surface area contributed by atoms with Gasteiger partial charge in [-0.25, -0.2) is 0 Å². The molecule has 0 spiro atoms. The fourth-order valence-corrected chi connectivity index (χ4v) is 1.92. The minimum Gasteiger partial charge on any atom is -0.388 e. The summed E-state index contributed by atoms with van der Waals surface area (Å²) in [4.78, 5) is 0. The lowest BCUT2D eigenvalue weighted by Crippen LogP contribution is -2.61. The summed E-state index contributed by atoms with van der Waals surface area (Å²) in [5.41, 5.74) is 0.0334. The quantitative estimate of drug-likeness (QED) is 0.700. The van der Waals surface area contributed by atoms with Gasteiger partial charge in [-0.15, -0.1) is 0 Å². The number of ether oxygens (including phenoxy) is 3. The highest BCUT2D eigenvalue weighted by Gasteiger charge is 2.51. The molecule has 13 heavy (non-hydrogen) atoms. The zero-order valence-electron chi connectivity index (χ0n) is 7.91. The van der Waals surface area contributed by atoms with Crippen LogP contribution in [0.4, 0.5) is 0 Å². The Balaban J connectivity index is 2.03. The fraction of sp³-hybridized carbons (Fsp3) is 1.00. The van der Waals surface area contributed by atoms with Gasteiger partial charge in [0.15, 0.2) is 0 Å². The van der Waals surface area contributed by atoms with Crippen molar-refractivity contribution in [2.45, 2.75) is 25.7 Å². The Morgan fingerprint density at radius 2 is 1.69 bits per heavy atom. The van der Waals surface area contributed by atoms with Crippen LogP contribution < -0.4 is 0 Å². The van der Waals surface area contributed by atoms with Crippen LogP contribution in [0.5, 0.6) is 0 Å². The van der Waals surface area contributed by atoms with E-state index in [1.807, 2.05) is 0 Å². The second kappa shape index (κ2) is 3.20. The summed E-state index contributed by atoms with van der Waals surface area (Å²) in [5, 5.41) is 9.01. The fourth-order valence-electron chi connectivity index (χ4n) is 1.92. The van der Waals surface area contributed by atoms with E-state index in [9.17, 15) is 0 Å². The molecular formula is C9H16O4. The van der Waals surface area contributed by atoms with Gasteiger partial charge < -0.3 is 19.3 Å². The molecule has 3 heterocycles. The predicted octanol–water partition coefficient (Wildman–Crippen LogP) is 0.496. The maximum atomic E-state index is 9.01. The molecule has 1 N–H and O–H groups in total. The molecule has 3 aliphatic heterocycles. The van der Waals surface area contributed by atoms with Gasteiger partial charge in [0.1, 0.15) is 6.61 Å². The number of hydrogen-bond donors (Lipinski definition) is 1. The first kappa shape index (κ1) is 9.40. The van der Waals surface area contributed by atoms with Crippen molar-refractivity contribution in [2.75, 3.05) is 26.4 Å². The summed E-state index contributed by atoms with van der Waals surface area (Å²) in [7, 11) is 0. The molecule has 4 heteroatoms. The molecule has 0 saturated carbocycles. The Bertz CT molecular complexity index is 168. The first-order chi connectivity index (χ1) is 6.24. The molecule has 3 aliphatic rings. The minimum absolute atomic E-state index is 0.0334. The molecule has 3 fully saturated rings. The van der Waals surface area contributed by atoms with Crippen LogP contribution in [0.3, 0.4) is 0 Å². The highest BCUT2D eigenvalue weighted by molar-refractivity contribution is 4.87. The molecule has 76 valence electrons. The van der Waals surface area contributed by atoms with Crippen LogP contribution in [-0.4, -0.2) is 37.5 Å². The summed E-state index contributed by atoms with van der Waals surface area (Å²) in [5.74, 6) is -1.14. The minimum atomic E-state index is -1.14. The lowest BCUT2D eigenvalue weighted by Gasteiger charge is -2.51. The first-order valence-electron chi connectivity index (χ1n) is 4.77. The third kappa shape index (κ3) is 1.48. The first-order valence-corrected chi connectivity index (χ1v) is 4.77. The molecule has 0 aromatic rings. The second-order valence-corrected chi connectivity index (χ2v) is 3.96. The van der Waals surface area contributed by atoms with Gasteiger partial charge in [0.25, 0.3) is 0 Å². The molecule has 0 atom stereocenters. The average Bonchev–Trinajstić information content (AvgIpc) is 2.21. The van der Waals surface area contributed by atoms with Crippen molar-refractivity contribution in [1.82, 2.24) is 0 Å². The van der Waals surface area contributed by atoms with E-state index >= 15 is 0 Å². The predicted molar refractivity (Wildman–Crippen MR) is 45.0 cm³/mol. The number of rotatable bonds is 3. The standard InChI is InChI=1S/C9H16O4/c1-2-3-8-5-11-9(4-10,12-6-8)13-7-8/h10H,2-7H2,1H3. The van der Waals surface area contributed by atoms with Crippen LogP contribution in [0, 0.1) is 5.41 Å². The monoisotopic (exact) mass is 188 g/mol. The van der Waals surface area contributed by atoms with Crippen molar-refractivity contribution in [3.63, 3.8) is 0 Å². The van der Waals surface area contributed by atoms with Gasteiger partial charge in [-0.3, -0.25) is 0 Å². The highest BCUT2D eigenvalue weighted by Crippen LogP contribution is 2.40. The molecule has 2 bridgehead atoms. The lowest BCUT2D eigenvalue weighted by molar-refractivity contribution is -0.475. The van der Waals surface area contributed by atoms with Crippen molar-refractivity contribution in [1.29, 1.82) is 0 Å². The number of aliphatic hydroxyl groups excluding tert-OH is 1. The second-order valence-electron chi connectivity index (χ2n) is 3.96. The maximum Gasteiger partial charge on any atom is 0.307 e. The Morgan fingerprint density at radius 1 is 1.15 bits per heavy atom. The van der Waals surface area contributed by atoms with Crippen LogP contribution in [0.15, 0.2) is 0 Å². The van der Waals surface area contributed by atoms with Crippen molar-refractivity contribution in [3.05, 3.63) is 0 Å². The largest absolute Gasteiger partial charge is 0.388 e. The summed E-state index contributed by atoms with van der Waals surface area (Å²) in [6, 6.07) is 0. The molecule has 3 rings (SSSR count). The SMILES string of the molecule is CCCC12COC(CO)(OC1)OC2. The van der Waals surface area contributed by atoms with E-state index in [-0.39, 0.29) is 12.0 Å². The molecular weight excluding hydrogens is 172 g/mol. The summed E-state index contributed by atoms with van der Waals surface area (Å²) < 4.78 is 16.1. The van der Waals surface area contributed by atoms with Crippen molar-refractivity contribution in [2.24, 2.45) is 5.41 Å². The van der Waals surface area contributed by atoms with Gasteiger partial charge in [-0.1, -0.05) is 13.3 Å². The van der Waals surface area contributed by atoms with E-state index in [4.69, 9.17) is 19.3 Å². The van der Waals surface area contributed by atoms with Crippen molar-refractivity contribution in [3.8, 4) is 0 Å². The van der Waals surface area contributed by atoms with Gasteiger partial charge >= 0.3 is 5.97 Å². The van der Waals surface area contributed by atoms with Crippen LogP contribution in [0.25, 0.3) is 0 Å². The van der Waals surface area contributed by atoms with Crippen LogP contribution >= 0.6 is 0 Å². The van der Waals surface area contributed by atoms with Gasteiger partial charge in [0.05, 0.1) is 19.8 Å². The van der Waals surface area contributed by atoms with Crippen LogP contribution in [0.1, 0.15) is 19.8 Å². The number of aliphatic hydroxyl groups is 1. The van der Waals surface area contributed by atoms with E-state index in [2.05, 4.69) is 6.92 Å². The highest BCUT2D eigenvalue weighted by atomic mass is 16.9. The summed E-state index contributed by atoms with van der Waals surface area (Å²) in [6.07, 6.45) is 2.15. The molecule has 3 saturated heterocycles. The molecule has 0 aliphatic carbocycles. The molecule has 4 nitrogen and oxygen atoms in total. The molecule has 0 aromatic carbocycles. The van der Waals surface area contributed by atoms with Gasteiger partial charge in [0, 0.05) is 5.41 Å². The van der Waals surface area contributed by atoms with Crippen LogP contribution in [-0.2, 0) is 14.2 Å².